The molecular weight excluding hydrogens is 290 g/mol. The second kappa shape index (κ2) is 8.34. The first-order chi connectivity index (χ1) is 11.1. The van der Waals surface area contributed by atoms with Crippen molar-refractivity contribution < 1.29 is 14.6 Å². The maximum absolute atomic E-state index is 12.0. The molecule has 0 spiro atoms. The Kier molecular flexibility index (Phi) is 6.18. The first-order valence-corrected chi connectivity index (χ1v) is 7.82. The van der Waals surface area contributed by atoms with Crippen molar-refractivity contribution in [3.8, 4) is 5.75 Å². The van der Waals surface area contributed by atoms with Gasteiger partial charge in [-0.2, -0.15) is 0 Å². The molecule has 0 saturated heterocycles. The van der Waals surface area contributed by atoms with E-state index in [0.717, 1.165) is 22.4 Å². The summed E-state index contributed by atoms with van der Waals surface area (Å²) in [4.78, 5) is 12.0. The highest BCUT2D eigenvalue weighted by atomic mass is 16.5. The van der Waals surface area contributed by atoms with Crippen LogP contribution in [0.2, 0.25) is 0 Å². The number of benzene rings is 2. The monoisotopic (exact) mass is 313 g/mol. The predicted octanol–water partition coefficient (Wildman–Crippen LogP) is 3.13. The number of aliphatic hydroxyl groups is 1. The van der Waals surface area contributed by atoms with Crippen LogP contribution in [0.5, 0.6) is 5.75 Å². The highest BCUT2D eigenvalue weighted by Crippen LogP contribution is 2.19. The van der Waals surface area contributed by atoms with Crippen molar-refractivity contribution in [1.82, 2.24) is 5.32 Å². The Balaban J connectivity index is 1.86. The molecule has 1 unspecified atom stereocenters. The molecule has 0 aliphatic carbocycles. The van der Waals surface area contributed by atoms with Crippen LogP contribution in [0.1, 0.15) is 36.1 Å². The van der Waals surface area contributed by atoms with Crippen LogP contribution in [-0.4, -0.2) is 17.6 Å². The molecule has 2 aromatic carbocycles. The van der Waals surface area contributed by atoms with Gasteiger partial charge in [0.2, 0.25) is 5.91 Å². The molecule has 2 aromatic rings. The molecule has 0 aliphatic heterocycles. The number of aliphatic hydroxyl groups excluding tert-OH is 1. The van der Waals surface area contributed by atoms with E-state index in [-0.39, 0.29) is 12.3 Å². The maximum atomic E-state index is 12.0. The third-order valence-electron chi connectivity index (χ3n) is 3.59. The molecule has 0 saturated carbocycles. The smallest absolute Gasteiger partial charge is 0.223 e. The Morgan fingerprint density at radius 1 is 1.22 bits per heavy atom. The van der Waals surface area contributed by atoms with Crippen LogP contribution < -0.4 is 10.1 Å². The van der Waals surface area contributed by atoms with E-state index in [9.17, 15) is 9.90 Å². The number of nitrogens with one attached hydrogen (secondary N) is 1. The van der Waals surface area contributed by atoms with Gasteiger partial charge in [0, 0.05) is 6.54 Å². The van der Waals surface area contributed by atoms with E-state index < -0.39 is 6.10 Å². The van der Waals surface area contributed by atoms with Crippen molar-refractivity contribution in [3.05, 3.63) is 65.2 Å². The Morgan fingerprint density at radius 3 is 2.61 bits per heavy atom. The lowest BCUT2D eigenvalue weighted by atomic mass is 10.1. The molecule has 2 N–H and O–H groups in total. The summed E-state index contributed by atoms with van der Waals surface area (Å²) >= 11 is 0. The van der Waals surface area contributed by atoms with E-state index in [2.05, 4.69) is 5.32 Å². The molecule has 4 nitrogen and oxygen atoms in total. The van der Waals surface area contributed by atoms with E-state index in [0.29, 0.717) is 13.2 Å². The van der Waals surface area contributed by atoms with Crippen LogP contribution in [0.25, 0.3) is 0 Å². The number of rotatable bonds is 7. The minimum absolute atomic E-state index is 0.0556. The van der Waals surface area contributed by atoms with Crippen LogP contribution >= 0.6 is 0 Å². The molecule has 1 atom stereocenters. The second-order valence-electron chi connectivity index (χ2n) is 5.44. The third kappa shape index (κ3) is 5.11. The minimum Gasteiger partial charge on any atom is -0.494 e. The Labute approximate surface area is 137 Å². The molecule has 2 rings (SSSR count). The van der Waals surface area contributed by atoms with Gasteiger partial charge < -0.3 is 15.2 Å². The van der Waals surface area contributed by atoms with Crippen molar-refractivity contribution in [2.75, 3.05) is 6.61 Å². The van der Waals surface area contributed by atoms with Crippen molar-refractivity contribution in [2.45, 2.75) is 32.9 Å². The van der Waals surface area contributed by atoms with E-state index in [1.807, 2.05) is 62.4 Å². The molecule has 0 aromatic heterocycles. The summed E-state index contributed by atoms with van der Waals surface area (Å²) in [6, 6.07) is 15.0. The summed E-state index contributed by atoms with van der Waals surface area (Å²) in [7, 11) is 0. The zero-order chi connectivity index (χ0) is 16.7. The Hall–Kier alpha value is -2.33. The van der Waals surface area contributed by atoms with Gasteiger partial charge >= 0.3 is 0 Å². The largest absolute Gasteiger partial charge is 0.494 e. The molecule has 0 radical (unpaired) electrons. The zero-order valence-electron chi connectivity index (χ0n) is 13.6. The number of ether oxygens (including phenoxy) is 1. The standard InChI is InChI=1S/C19H23NO3/c1-3-23-18-10-9-15(11-14(18)2)13-20-19(22)12-17(21)16-7-5-4-6-8-16/h4-11,17,21H,3,12-13H2,1-2H3,(H,20,22). The molecule has 0 heterocycles. The fourth-order valence-electron chi connectivity index (χ4n) is 2.38. The number of aryl methyl sites for hydroxylation is 1. The number of hydrogen-bond donors (Lipinski definition) is 2. The van der Waals surface area contributed by atoms with Gasteiger partial charge in [0.15, 0.2) is 0 Å². The summed E-state index contributed by atoms with van der Waals surface area (Å²) in [5.74, 6) is 0.690. The lowest BCUT2D eigenvalue weighted by Gasteiger charge is -2.12. The number of carbonyl (C=O) groups excluding carboxylic acids is 1. The molecule has 1 amide bonds. The van der Waals surface area contributed by atoms with Gasteiger partial charge in [0.1, 0.15) is 5.75 Å². The van der Waals surface area contributed by atoms with Crippen molar-refractivity contribution in [1.29, 1.82) is 0 Å². The predicted molar refractivity (Wildman–Crippen MR) is 90.2 cm³/mol. The maximum Gasteiger partial charge on any atom is 0.223 e. The fourth-order valence-corrected chi connectivity index (χ4v) is 2.38. The fraction of sp³-hybridized carbons (Fsp3) is 0.316. The van der Waals surface area contributed by atoms with Gasteiger partial charge in [0.25, 0.3) is 0 Å². The Morgan fingerprint density at radius 2 is 1.96 bits per heavy atom. The van der Waals surface area contributed by atoms with E-state index in [4.69, 9.17) is 4.74 Å². The lowest BCUT2D eigenvalue weighted by Crippen LogP contribution is -2.24. The van der Waals surface area contributed by atoms with E-state index >= 15 is 0 Å². The van der Waals surface area contributed by atoms with Crippen LogP contribution in [0.15, 0.2) is 48.5 Å². The van der Waals surface area contributed by atoms with Crippen molar-refractivity contribution in [2.24, 2.45) is 0 Å². The highest BCUT2D eigenvalue weighted by molar-refractivity contribution is 5.76. The van der Waals surface area contributed by atoms with Gasteiger partial charge in [-0.25, -0.2) is 0 Å². The average molecular weight is 313 g/mol. The topological polar surface area (TPSA) is 58.6 Å². The SMILES string of the molecule is CCOc1ccc(CNC(=O)CC(O)c2ccccc2)cc1C. The molecule has 0 bridgehead atoms. The second-order valence-corrected chi connectivity index (χ2v) is 5.44. The number of amides is 1. The summed E-state index contributed by atoms with van der Waals surface area (Å²) in [5.41, 5.74) is 2.80. The zero-order valence-corrected chi connectivity index (χ0v) is 13.6. The minimum atomic E-state index is -0.779. The van der Waals surface area contributed by atoms with Gasteiger partial charge in [0.05, 0.1) is 19.1 Å². The van der Waals surface area contributed by atoms with Crippen LogP contribution in [0, 0.1) is 6.92 Å². The lowest BCUT2D eigenvalue weighted by molar-refractivity contribution is -0.123. The van der Waals surface area contributed by atoms with Crippen LogP contribution in [0.4, 0.5) is 0 Å². The summed E-state index contributed by atoms with van der Waals surface area (Å²) in [6.45, 7) is 5.00. The molecule has 0 aliphatic rings. The third-order valence-corrected chi connectivity index (χ3v) is 3.59. The Bertz CT molecular complexity index is 640. The van der Waals surface area contributed by atoms with Crippen LogP contribution in [-0.2, 0) is 11.3 Å². The first-order valence-electron chi connectivity index (χ1n) is 7.82. The first kappa shape index (κ1) is 17.0. The molecule has 4 heteroatoms. The van der Waals surface area contributed by atoms with Gasteiger partial charge in [-0.3, -0.25) is 4.79 Å². The van der Waals surface area contributed by atoms with Gasteiger partial charge in [-0.15, -0.1) is 0 Å². The molecule has 23 heavy (non-hydrogen) atoms. The summed E-state index contributed by atoms with van der Waals surface area (Å²) in [5, 5.41) is 12.9. The van der Waals surface area contributed by atoms with E-state index in [1.54, 1.807) is 0 Å². The van der Waals surface area contributed by atoms with Crippen LogP contribution in [0.3, 0.4) is 0 Å². The molecule has 122 valence electrons. The van der Waals surface area contributed by atoms with Gasteiger partial charge in [-0.1, -0.05) is 42.5 Å². The number of carbonyl (C=O) groups is 1. The summed E-state index contributed by atoms with van der Waals surface area (Å²) in [6.07, 6.45) is -0.724. The number of hydrogen-bond acceptors (Lipinski definition) is 3. The quantitative estimate of drug-likeness (QED) is 0.825. The highest BCUT2D eigenvalue weighted by Gasteiger charge is 2.12. The van der Waals surface area contributed by atoms with E-state index in [1.165, 1.54) is 0 Å². The normalized spacial score (nSPS) is 11.8. The molecular formula is C19H23NO3. The average Bonchev–Trinajstić information content (AvgIpc) is 2.56. The summed E-state index contributed by atoms with van der Waals surface area (Å²) < 4.78 is 5.50. The molecule has 0 fully saturated rings. The van der Waals surface area contributed by atoms with Gasteiger partial charge in [-0.05, 0) is 36.6 Å². The van der Waals surface area contributed by atoms with Crippen molar-refractivity contribution >= 4 is 5.91 Å². The van der Waals surface area contributed by atoms with Crippen molar-refractivity contribution in [3.63, 3.8) is 0 Å².